The lowest BCUT2D eigenvalue weighted by Gasteiger charge is -2.04. The average Bonchev–Trinajstić information content (AvgIpc) is 2.28. The third-order valence-corrected chi connectivity index (χ3v) is 1.46. The molecule has 0 aromatic carbocycles. The first kappa shape index (κ1) is 8.73. The molecule has 4 N–H and O–H groups in total. The Labute approximate surface area is 70.3 Å². The third kappa shape index (κ3) is 1.45. The van der Waals surface area contributed by atoms with Gasteiger partial charge in [-0.3, -0.25) is 4.79 Å². The molecule has 0 amide bonds. The highest BCUT2D eigenvalue weighted by molar-refractivity contribution is 5.85. The van der Waals surface area contributed by atoms with Crippen molar-refractivity contribution in [2.24, 2.45) is 5.73 Å². The molecule has 5 nitrogen and oxygen atoms in total. The molecule has 5 heteroatoms. The zero-order valence-electron chi connectivity index (χ0n) is 7.11. The van der Waals surface area contributed by atoms with Gasteiger partial charge >= 0.3 is 0 Å². The fourth-order valence-electron chi connectivity index (χ4n) is 0.889. The van der Waals surface area contributed by atoms with Crippen molar-refractivity contribution in [1.29, 1.82) is 0 Å². The predicted octanol–water partition coefficient (Wildman–Crippen LogP) is -0.239. The van der Waals surface area contributed by atoms with Gasteiger partial charge in [-0.05, 0) is 13.8 Å². The van der Waals surface area contributed by atoms with Crippen molar-refractivity contribution >= 4 is 11.7 Å². The van der Waals surface area contributed by atoms with Crippen LogP contribution in [-0.2, 0) is 0 Å². The van der Waals surface area contributed by atoms with Gasteiger partial charge in [0.2, 0.25) is 0 Å². The molecule has 0 bridgehead atoms. The topological polar surface area (TPSA) is 86.9 Å². The second-order valence-electron chi connectivity index (χ2n) is 2.75. The van der Waals surface area contributed by atoms with Gasteiger partial charge in [0.15, 0.2) is 0 Å². The van der Waals surface area contributed by atoms with E-state index in [9.17, 15) is 4.79 Å². The summed E-state index contributed by atoms with van der Waals surface area (Å²) in [5.41, 5.74) is 11.6. The van der Waals surface area contributed by atoms with Crippen LogP contribution in [0.1, 0.15) is 17.4 Å². The van der Waals surface area contributed by atoms with Gasteiger partial charge in [-0.15, -0.1) is 0 Å². The molecule has 1 rings (SSSR count). The van der Waals surface area contributed by atoms with Crippen LogP contribution in [-0.4, -0.2) is 21.7 Å². The van der Waals surface area contributed by atoms with Gasteiger partial charge in [-0.1, -0.05) is 0 Å². The van der Waals surface area contributed by atoms with Crippen molar-refractivity contribution in [3.8, 4) is 0 Å². The molecule has 0 aliphatic carbocycles. The van der Waals surface area contributed by atoms with Crippen LogP contribution in [0, 0.1) is 6.92 Å². The smallest absolute Gasteiger partial charge is 0.265 e. The summed E-state index contributed by atoms with van der Waals surface area (Å²) in [6.45, 7) is 3.36. The maximum absolute atomic E-state index is 11.3. The molecule has 1 heterocycles. The van der Waals surface area contributed by atoms with E-state index in [1.165, 1.54) is 0 Å². The largest absolute Gasteiger partial charge is 0.383 e. The fraction of sp³-hybridized carbons (Fsp3) is 0.429. The average molecular weight is 168 g/mol. The second-order valence-corrected chi connectivity index (χ2v) is 2.75. The summed E-state index contributed by atoms with van der Waals surface area (Å²) in [6, 6.07) is 1.05. The number of aryl methyl sites for hydroxylation is 1. The van der Waals surface area contributed by atoms with Gasteiger partial charge in [-0.2, -0.15) is 9.78 Å². The van der Waals surface area contributed by atoms with E-state index in [1.54, 1.807) is 19.9 Å². The van der Waals surface area contributed by atoms with Gasteiger partial charge in [0.25, 0.3) is 5.91 Å². The molecule has 1 aromatic heterocycles. The first-order valence-corrected chi connectivity index (χ1v) is 3.64. The van der Waals surface area contributed by atoms with E-state index in [0.29, 0.717) is 11.5 Å². The summed E-state index contributed by atoms with van der Waals surface area (Å²) in [5, 5.41) is 3.89. The highest BCUT2D eigenvalue weighted by atomic mass is 16.2. The molecule has 0 spiro atoms. The Morgan fingerprint density at radius 1 is 1.75 bits per heavy atom. The Hall–Kier alpha value is -1.36. The number of carbonyl (C=O) groups is 1. The number of carbonyl (C=O) groups excluding carboxylic acids is 1. The van der Waals surface area contributed by atoms with Crippen LogP contribution in [0.4, 0.5) is 5.82 Å². The van der Waals surface area contributed by atoms with Crippen molar-refractivity contribution in [3.05, 3.63) is 11.8 Å². The Balaban J connectivity index is 3.02. The zero-order valence-corrected chi connectivity index (χ0v) is 7.11. The van der Waals surface area contributed by atoms with E-state index in [4.69, 9.17) is 11.5 Å². The molecule has 0 fully saturated rings. The highest BCUT2D eigenvalue weighted by Gasteiger charge is 2.13. The van der Waals surface area contributed by atoms with Crippen molar-refractivity contribution in [3.63, 3.8) is 0 Å². The maximum Gasteiger partial charge on any atom is 0.265 e. The van der Waals surface area contributed by atoms with Crippen molar-refractivity contribution < 1.29 is 4.79 Å². The van der Waals surface area contributed by atoms with Gasteiger partial charge in [0, 0.05) is 6.07 Å². The number of anilines is 1. The number of rotatable bonds is 1. The van der Waals surface area contributed by atoms with Crippen LogP contribution in [0.25, 0.3) is 0 Å². The van der Waals surface area contributed by atoms with Crippen LogP contribution in [0.5, 0.6) is 0 Å². The third-order valence-electron chi connectivity index (χ3n) is 1.46. The van der Waals surface area contributed by atoms with Gasteiger partial charge < -0.3 is 11.5 Å². The predicted molar refractivity (Wildman–Crippen MR) is 45.7 cm³/mol. The standard InChI is InChI=1S/C7H12N4O/c1-4-3-6(9)11(10-4)7(12)5(2)8/h3,5H,8-9H2,1-2H3/t5-/m0/s1. The van der Waals surface area contributed by atoms with E-state index < -0.39 is 6.04 Å². The number of nitrogens with two attached hydrogens (primary N) is 2. The zero-order chi connectivity index (χ0) is 9.30. The molecular formula is C7H12N4O. The normalized spacial score (nSPS) is 12.9. The summed E-state index contributed by atoms with van der Waals surface area (Å²) in [7, 11) is 0. The van der Waals surface area contributed by atoms with Crippen molar-refractivity contribution in [2.45, 2.75) is 19.9 Å². The Kier molecular flexibility index (Phi) is 2.14. The summed E-state index contributed by atoms with van der Waals surface area (Å²) in [5.74, 6) is 0.0374. The van der Waals surface area contributed by atoms with E-state index in [2.05, 4.69) is 5.10 Å². The molecule has 0 saturated carbocycles. The monoisotopic (exact) mass is 168 g/mol. The lowest BCUT2D eigenvalue weighted by molar-refractivity contribution is 0.0873. The summed E-state index contributed by atoms with van der Waals surface area (Å²) < 4.78 is 1.12. The maximum atomic E-state index is 11.3. The highest BCUT2D eigenvalue weighted by Crippen LogP contribution is 2.05. The van der Waals surface area contributed by atoms with E-state index in [-0.39, 0.29) is 5.91 Å². The number of hydrogen-bond donors (Lipinski definition) is 2. The van der Waals surface area contributed by atoms with Gasteiger partial charge in [0.05, 0.1) is 11.7 Å². The fourth-order valence-corrected chi connectivity index (χ4v) is 0.889. The van der Waals surface area contributed by atoms with E-state index >= 15 is 0 Å². The summed E-state index contributed by atoms with van der Waals surface area (Å²) >= 11 is 0. The van der Waals surface area contributed by atoms with Crippen LogP contribution >= 0.6 is 0 Å². The van der Waals surface area contributed by atoms with Crippen molar-refractivity contribution in [1.82, 2.24) is 9.78 Å². The molecule has 0 aliphatic rings. The lowest BCUT2D eigenvalue weighted by Crippen LogP contribution is -2.33. The summed E-state index contributed by atoms with van der Waals surface area (Å²) in [4.78, 5) is 11.3. The number of nitrogen functional groups attached to an aromatic ring is 1. The first-order chi connectivity index (χ1) is 5.52. The van der Waals surface area contributed by atoms with Crippen LogP contribution in [0.2, 0.25) is 0 Å². The molecule has 1 aromatic rings. The van der Waals surface area contributed by atoms with Crippen molar-refractivity contribution in [2.75, 3.05) is 5.73 Å². The first-order valence-electron chi connectivity index (χ1n) is 3.64. The van der Waals surface area contributed by atoms with E-state index in [0.717, 1.165) is 4.68 Å². The Morgan fingerprint density at radius 3 is 2.67 bits per heavy atom. The minimum Gasteiger partial charge on any atom is -0.383 e. The number of nitrogens with zero attached hydrogens (tertiary/aromatic N) is 2. The van der Waals surface area contributed by atoms with Crippen LogP contribution < -0.4 is 11.5 Å². The lowest BCUT2D eigenvalue weighted by atomic mass is 10.3. The summed E-state index contributed by atoms with van der Waals surface area (Å²) in [6.07, 6.45) is 0. The van der Waals surface area contributed by atoms with Crippen LogP contribution in [0.3, 0.4) is 0 Å². The molecular weight excluding hydrogens is 156 g/mol. The Bertz CT molecular complexity index is 302. The molecule has 0 unspecified atom stereocenters. The molecule has 12 heavy (non-hydrogen) atoms. The van der Waals surface area contributed by atoms with Gasteiger partial charge in [-0.25, -0.2) is 0 Å². The second kappa shape index (κ2) is 2.94. The Morgan fingerprint density at radius 2 is 2.33 bits per heavy atom. The molecule has 0 radical (unpaired) electrons. The molecule has 0 saturated heterocycles. The molecule has 66 valence electrons. The number of hydrogen-bond acceptors (Lipinski definition) is 4. The SMILES string of the molecule is Cc1cc(N)n(C(=O)[C@H](C)N)n1. The number of aromatic nitrogens is 2. The minimum atomic E-state index is -0.577. The minimum absolute atomic E-state index is 0.291. The van der Waals surface area contributed by atoms with Crippen LogP contribution in [0.15, 0.2) is 6.07 Å². The van der Waals surface area contributed by atoms with Gasteiger partial charge in [0.1, 0.15) is 5.82 Å². The molecule has 1 atom stereocenters. The molecule has 0 aliphatic heterocycles. The quantitative estimate of drug-likeness (QED) is 0.606. The van der Waals surface area contributed by atoms with E-state index in [1.807, 2.05) is 0 Å².